The van der Waals surface area contributed by atoms with Crippen molar-refractivity contribution in [1.82, 2.24) is 14.8 Å². The van der Waals surface area contributed by atoms with Crippen LogP contribution in [0.3, 0.4) is 0 Å². The number of pyridine rings is 1. The van der Waals surface area contributed by atoms with E-state index < -0.39 is 0 Å². The summed E-state index contributed by atoms with van der Waals surface area (Å²) in [5, 5.41) is 7.07. The predicted octanol–water partition coefficient (Wildman–Crippen LogP) is 2.01. The maximum atomic E-state index is 11.4. The van der Waals surface area contributed by atoms with Crippen LogP contribution in [-0.2, 0) is 4.79 Å². The second-order valence-corrected chi connectivity index (χ2v) is 3.91. The van der Waals surface area contributed by atoms with Crippen LogP contribution in [0.5, 0.6) is 0 Å². The predicted molar refractivity (Wildman–Crippen MR) is 69.7 cm³/mol. The summed E-state index contributed by atoms with van der Waals surface area (Å²) in [5.74, 6) is 0.323. The SMILES string of the molecule is C=CC(=O)Nc1cccnc1-n1nc(C)cc1C. The molecule has 18 heavy (non-hydrogen) atoms. The lowest BCUT2D eigenvalue weighted by molar-refractivity contribution is -0.111. The number of carbonyl (C=O) groups is 1. The number of carbonyl (C=O) groups excluding carboxylic acids is 1. The molecule has 0 fully saturated rings. The van der Waals surface area contributed by atoms with Crippen LogP contribution in [0.15, 0.2) is 37.1 Å². The summed E-state index contributed by atoms with van der Waals surface area (Å²) < 4.78 is 1.70. The van der Waals surface area contributed by atoms with Gasteiger partial charge in [-0.25, -0.2) is 9.67 Å². The highest BCUT2D eigenvalue weighted by atomic mass is 16.1. The molecule has 5 nitrogen and oxygen atoms in total. The van der Waals surface area contributed by atoms with Gasteiger partial charge in [0, 0.05) is 11.9 Å². The van der Waals surface area contributed by atoms with Gasteiger partial charge in [-0.05, 0) is 38.1 Å². The third kappa shape index (κ3) is 2.29. The zero-order chi connectivity index (χ0) is 13.1. The molecule has 2 aromatic rings. The molecule has 0 saturated carbocycles. The number of nitrogens with zero attached hydrogens (tertiary/aromatic N) is 3. The molecule has 5 heteroatoms. The van der Waals surface area contributed by atoms with Gasteiger partial charge < -0.3 is 5.32 Å². The molecule has 0 unspecified atom stereocenters. The standard InChI is InChI=1S/C13H14N4O/c1-4-12(18)15-11-6-5-7-14-13(11)17-10(3)8-9(2)16-17/h4-8H,1H2,2-3H3,(H,15,18). The van der Waals surface area contributed by atoms with E-state index in [0.29, 0.717) is 11.5 Å². The lowest BCUT2D eigenvalue weighted by Crippen LogP contribution is -2.12. The van der Waals surface area contributed by atoms with Crippen molar-refractivity contribution in [2.45, 2.75) is 13.8 Å². The van der Waals surface area contributed by atoms with E-state index in [-0.39, 0.29) is 5.91 Å². The molecule has 92 valence electrons. The van der Waals surface area contributed by atoms with Gasteiger partial charge in [0.05, 0.1) is 11.4 Å². The fraction of sp³-hybridized carbons (Fsp3) is 0.154. The third-order valence-electron chi connectivity index (χ3n) is 2.44. The normalized spacial score (nSPS) is 10.1. The van der Waals surface area contributed by atoms with Gasteiger partial charge >= 0.3 is 0 Å². The van der Waals surface area contributed by atoms with Gasteiger partial charge in [-0.15, -0.1) is 0 Å². The van der Waals surface area contributed by atoms with Crippen LogP contribution in [0.2, 0.25) is 0 Å². The Bertz CT molecular complexity index is 601. The Kier molecular flexibility index (Phi) is 3.23. The van der Waals surface area contributed by atoms with Crippen molar-refractivity contribution in [1.29, 1.82) is 0 Å². The largest absolute Gasteiger partial charge is 0.319 e. The monoisotopic (exact) mass is 242 g/mol. The van der Waals surface area contributed by atoms with Crippen LogP contribution in [-0.4, -0.2) is 20.7 Å². The minimum atomic E-state index is -0.272. The van der Waals surface area contributed by atoms with E-state index in [9.17, 15) is 4.79 Å². The molecule has 2 heterocycles. The summed E-state index contributed by atoms with van der Waals surface area (Å²) in [4.78, 5) is 15.6. The minimum Gasteiger partial charge on any atom is -0.319 e. The zero-order valence-corrected chi connectivity index (χ0v) is 10.3. The number of amides is 1. The molecule has 0 spiro atoms. The number of nitrogens with one attached hydrogen (secondary N) is 1. The molecule has 2 rings (SSSR count). The molecule has 1 amide bonds. The summed E-state index contributed by atoms with van der Waals surface area (Å²) in [6, 6.07) is 5.49. The Morgan fingerprint density at radius 1 is 1.50 bits per heavy atom. The molecule has 0 aliphatic heterocycles. The van der Waals surface area contributed by atoms with Crippen LogP contribution < -0.4 is 5.32 Å². The summed E-state index contributed by atoms with van der Waals surface area (Å²) in [6.45, 7) is 7.28. The smallest absolute Gasteiger partial charge is 0.247 e. The number of rotatable bonds is 3. The maximum absolute atomic E-state index is 11.4. The molecular formula is C13H14N4O. The zero-order valence-electron chi connectivity index (χ0n) is 10.3. The minimum absolute atomic E-state index is 0.272. The van der Waals surface area contributed by atoms with Gasteiger partial charge in [-0.3, -0.25) is 4.79 Å². The summed E-state index contributed by atoms with van der Waals surface area (Å²) in [7, 11) is 0. The van der Waals surface area contributed by atoms with Crippen molar-refractivity contribution in [3.63, 3.8) is 0 Å². The fourth-order valence-corrected chi connectivity index (χ4v) is 1.69. The van der Waals surface area contributed by atoms with Crippen molar-refractivity contribution < 1.29 is 4.79 Å². The highest BCUT2D eigenvalue weighted by molar-refractivity contribution is 5.99. The van der Waals surface area contributed by atoms with Crippen LogP contribution >= 0.6 is 0 Å². The highest BCUT2D eigenvalue weighted by Gasteiger charge is 2.10. The first kappa shape index (κ1) is 12.0. The Labute approximate surface area is 105 Å². The van der Waals surface area contributed by atoms with Gasteiger partial charge in [0.25, 0.3) is 0 Å². The quantitative estimate of drug-likeness (QED) is 0.837. The van der Waals surface area contributed by atoms with Crippen LogP contribution in [0.4, 0.5) is 5.69 Å². The molecule has 0 aromatic carbocycles. The lowest BCUT2D eigenvalue weighted by Gasteiger charge is -2.09. The number of aromatic nitrogens is 3. The third-order valence-corrected chi connectivity index (χ3v) is 2.44. The van der Waals surface area contributed by atoms with Crippen molar-refractivity contribution in [2.24, 2.45) is 0 Å². The molecule has 0 radical (unpaired) electrons. The Balaban J connectivity index is 2.47. The highest BCUT2D eigenvalue weighted by Crippen LogP contribution is 2.18. The molecule has 0 saturated heterocycles. The van der Waals surface area contributed by atoms with Gasteiger partial charge in [-0.2, -0.15) is 5.10 Å². The Morgan fingerprint density at radius 2 is 2.28 bits per heavy atom. The Morgan fingerprint density at radius 3 is 2.89 bits per heavy atom. The lowest BCUT2D eigenvalue weighted by atomic mass is 10.3. The number of hydrogen-bond donors (Lipinski definition) is 1. The van der Waals surface area contributed by atoms with Gasteiger partial charge in [0.15, 0.2) is 5.82 Å². The van der Waals surface area contributed by atoms with Crippen molar-refractivity contribution in [3.05, 3.63) is 48.4 Å². The van der Waals surface area contributed by atoms with Gasteiger partial charge in [0.1, 0.15) is 0 Å². The Hall–Kier alpha value is -2.43. The average molecular weight is 242 g/mol. The first-order valence-corrected chi connectivity index (χ1v) is 5.54. The second-order valence-electron chi connectivity index (χ2n) is 3.91. The second kappa shape index (κ2) is 4.83. The van der Waals surface area contributed by atoms with E-state index in [2.05, 4.69) is 22.0 Å². The molecule has 2 aromatic heterocycles. The van der Waals surface area contributed by atoms with Gasteiger partial charge in [0.2, 0.25) is 5.91 Å². The van der Waals surface area contributed by atoms with Gasteiger partial charge in [-0.1, -0.05) is 6.58 Å². The van der Waals surface area contributed by atoms with Crippen LogP contribution in [0.1, 0.15) is 11.4 Å². The summed E-state index contributed by atoms with van der Waals surface area (Å²) in [5.41, 5.74) is 2.47. The van der Waals surface area contributed by atoms with E-state index in [4.69, 9.17) is 0 Å². The van der Waals surface area contributed by atoms with E-state index in [1.54, 1.807) is 23.0 Å². The van der Waals surface area contributed by atoms with E-state index in [1.165, 1.54) is 6.08 Å². The van der Waals surface area contributed by atoms with E-state index in [1.807, 2.05) is 19.9 Å². The van der Waals surface area contributed by atoms with Crippen molar-refractivity contribution in [2.75, 3.05) is 5.32 Å². The van der Waals surface area contributed by atoms with E-state index in [0.717, 1.165) is 11.4 Å². The first-order chi connectivity index (χ1) is 8.61. The maximum Gasteiger partial charge on any atom is 0.247 e. The molecular weight excluding hydrogens is 228 g/mol. The number of anilines is 1. The number of hydrogen-bond acceptors (Lipinski definition) is 3. The topological polar surface area (TPSA) is 59.8 Å². The molecule has 0 bridgehead atoms. The van der Waals surface area contributed by atoms with Crippen molar-refractivity contribution in [3.8, 4) is 5.82 Å². The summed E-state index contributed by atoms with van der Waals surface area (Å²) >= 11 is 0. The molecule has 0 atom stereocenters. The first-order valence-electron chi connectivity index (χ1n) is 5.54. The van der Waals surface area contributed by atoms with Crippen LogP contribution in [0.25, 0.3) is 5.82 Å². The summed E-state index contributed by atoms with van der Waals surface area (Å²) in [6.07, 6.45) is 2.88. The molecule has 0 aliphatic carbocycles. The van der Waals surface area contributed by atoms with E-state index >= 15 is 0 Å². The fourth-order valence-electron chi connectivity index (χ4n) is 1.69. The average Bonchev–Trinajstić information content (AvgIpc) is 2.69. The molecule has 1 N–H and O–H groups in total. The molecule has 0 aliphatic rings. The van der Waals surface area contributed by atoms with Crippen molar-refractivity contribution >= 4 is 11.6 Å². The van der Waals surface area contributed by atoms with Crippen LogP contribution in [0, 0.1) is 13.8 Å². The number of aryl methyl sites for hydroxylation is 2.